The summed E-state index contributed by atoms with van der Waals surface area (Å²) in [7, 11) is 0. The number of tetrazole rings is 1. The Balaban J connectivity index is 1.36. The van der Waals surface area contributed by atoms with Crippen LogP contribution in [0, 0.1) is 10.1 Å². The lowest BCUT2D eigenvalue weighted by Crippen LogP contribution is -2.39. The van der Waals surface area contributed by atoms with Crippen LogP contribution in [-0.2, 0) is 10.4 Å². The average Bonchev–Trinajstić information content (AvgIpc) is 3.59. The normalized spacial score (nSPS) is 11.5. The van der Waals surface area contributed by atoms with Crippen molar-refractivity contribution in [1.29, 1.82) is 0 Å². The van der Waals surface area contributed by atoms with E-state index < -0.39 is 10.6 Å². The van der Waals surface area contributed by atoms with Crippen molar-refractivity contribution in [1.82, 2.24) is 20.2 Å². The first kappa shape index (κ1) is 29.1. The monoisotopic (exact) mass is 594 g/mol. The van der Waals surface area contributed by atoms with Crippen LogP contribution in [0.25, 0.3) is 22.5 Å². The second kappa shape index (κ2) is 13.6. The number of benzene rings is 5. The molecule has 0 fully saturated rings. The minimum absolute atomic E-state index is 0.0296. The van der Waals surface area contributed by atoms with Crippen molar-refractivity contribution in [2.24, 2.45) is 4.99 Å². The average molecular weight is 595 g/mol. The van der Waals surface area contributed by atoms with E-state index in [0.717, 1.165) is 38.9 Å². The van der Waals surface area contributed by atoms with E-state index in [4.69, 9.17) is 10.3 Å². The molecule has 0 atom stereocenters. The predicted octanol–water partition coefficient (Wildman–Crippen LogP) is 6.86. The van der Waals surface area contributed by atoms with Gasteiger partial charge in [-0.05, 0) is 45.0 Å². The molecule has 0 N–H and O–H groups in total. The minimum atomic E-state index is -0.861. The van der Waals surface area contributed by atoms with Crippen LogP contribution in [0.4, 0.5) is 0 Å². The van der Waals surface area contributed by atoms with Gasteiger partial charge in [-0.15, -0.1) is 25.1 Å². The molecule has 0 radical (unpaired) electrons. The molecule has 0 bridgehead atoms. The smallest absolute Gasteiger partial charge is 0.294 e. The summed E-state index contributed by atoms with van der Waals surface area (Å²) in [5.74, 6) is 0.514. The molecule has 5 aromatic carbocycles. The van der Waals surface area contributed by atoms with Crippen LogP contribution in [0.15, 0.2) is 145 Å². The van der Waals surface area contributed by atoms with Gasteiger partial charge in [-0.3, -0.25) is 4.99 Å². The molecule has 9 heteroatoms. The van der Waals surface area contributed by atoms with Crippen molar-refractivity contribution in [3.63, 3.8) is 0 Å². The second-order valence-corrected chi connectivity index (χ2v) is 10.3. The third kappa shape index (κ3) is 6.23. The first-order valence-electron chi connectivity index (χ1n) is 14.6. The topological polar surface area (TPSA) is 108 Å². The van der Waals surface area contributed by atoms with Crippen LogP contribution >= 0.6 is 0 Å². The Morgan fingerprint density at radius 1 is 0.733 bits per heavy atom. The summed E-state index contributed by atoms with van der Waals surface area (Å²) in [6, 6.07) is 46.9. The van der Waals surface area contributed by atoms with Crippen molar-refractivity contribution in [2.45, 2.75) is 12.0 Å². The Morgan fingerprint density at radius 3 is 1.82 bits per heavy atom. The van der Waals surface area contributed by atoms with Crippen molar-refractivity contribution in [3.8, 4) is 22.5 Å². The second-order valence-electron chi connectivity index (χ2n) is 10.3. The SMILES string of the molecule is O=[N+]([O-])OCCCN=Cc1ccc(-c2ccccc2-c2nnn(C(c3ccccc3)(c3ccccc3)c3ccccc3)n2)cc1. The molecule has 0 amide bonds. The van der Waals surface area contributed by atoms with E-state index in [1.165, 1.54) is 0 Å². The van der Waals surface area contributed by atoms with Gasteiger partial charge in [0.25, 0.3) is 5.09 Å². The maximum absolute atomic E-state index is 10.3. The van der Waals surface area contributed by atoms with E-state index in [1.54, 1.807) is 11.0 Å². The number of hydrogen-bond donors (Lipinski definition) is 0. The summed E-state index contributed by atoms with van der Waals surface area (Å²) in [6.45, 7) is 0.470. The molecule has 0 saturated heterocycles. The van der Waals surface area contributed by atoms with Gasteiger partial charge in [0.1, 0.15) is 0 Å². The quantitative estimate of drug-likeness (QED) is 0.0503. The molecule has 45 heavy (non-hydrogen) atoms. The van der Waals surface area contributed by atoms with E-state index in [9.17, 15) is 10.1 Å². The molecule has 1 heterocycles. The zero-order valence-electron chi connectivity index (χ0n) is 24.4. The first-order valence-corrected chi connectivity index (χ1v) is 14.6. The molecular formula is C36H30N6O3. The highest BCUT2D eigenvalue weighted by atomic mass is 16.9. The minimum Gasteiger partial charge on any atom is -0.314 e. The number of nitrogens with zero attached hydrogens (tertiary/aromatic N) is 6. The molecule has 6 aromatic rings. The van der Waals surface area contributed by atoms with Crippen molar-refractivity contribution >= 4 is 6.21 Å². The van der Waals surface area contributed by atoms with E-state index in [2.05, 4.69) is 51.3 Å². The van der Waals surface area contributed by atoms with E-state index in [-0.39, 0.29) is 6.61 Å². The lowest BCUT2D eigenvalue weighted by atomic mass is 9.77. The highest BCUT2D eigenvalue weighted by molar-refractivity contribution is 5.84. The van der Waals surface area contributed by atoms with Gasteiger partial charge >= 0.3 is 0 Å². The number of hydrogen-bond acceptors (Lipinski definition) is 7. The fraction of sp³-hybridized carbons (Fsp3) is 0.111. The Labute approximate surface area is 260 Å². The summed E-state index contributed by atoms with van der Waals surface area (Å²) < 4.78 is 0. The fourth-order valence-corrected chi connectivity index (χ4v) is 5.49. The van der Waals surface area contributed by atoms with Crippen LogP contribution in [0.2, 0.25) is 0 Å². The maximum Gasteiger partial charge on any atom is 0.294 e. The van der Waals surface area contributed by atoms with Crippen molar-refractivity contribution in [3.05, 3.63) is 172 Å². The van der Waals surface area contributed by atoms with Crippen LogP contribution in [0.3, 0.4) is 0 Å². The Morgan fingerprint density at radius 2 is 1.27 bits per heavy atom. The van der Waals surface area contributed by atoms with Gasteiger partial charge in [0.05, 0.1) is 6.61 Å². The Bertz CT molecular complexity index is 1780. The van der Waals surface area contributed by atoms with Gasteiger partial charge in [-0.25, -0.2) is 0 Å². The van der Waals surface area contributed by atoms with Gasteiger partial charge in [0, 0.05) is 18.3 Å². The molecule has 0 spiro atoms. The summed E-state index contributed by atoms with van der Waals surface area (Å²) in [5.41, 5.74) is 5.95. The molecule has 0 saturated carbocycles. The van der Waals surface area contributed by atoms with E-state index >= 15 is 0 Å². The fourth-order valence-electron chi connectivity index (χ4n) is 5.49. The van der Waals surface area contributed by atoms with Gasteiger partial charge in [0.2, 0.25) is 5.82 Å². The van der Waals surface area contributed by atoms with Gasteiger partial charge in [0.15, 0.2) is 5.54 Å². The highest BCUT2D eigenvalue weighted by Crippen LogP contribution is 2.40. The zero-order valence-corrected chi connectivity index (χ0v) is 24.4. The van der Waals surface area contributed by atoms with Gasteiger partial charge in [-0.1, -0.05) is 140 Å². The van der Waals surface area contributed by atoms with Gasteiger partial charge in [-0.2, -0.15) is 0 Å². The lowest BCUT2D eigenvalue weighted by molar-refractivity contribution is -0.757. The van der Waals surface area contributed by atoms with Gasteiger partial charge < -0.3 is 4.84 Å². The molecule has 0 unspecified atom stereocenters. The molecule has 6 rings (SSSR count). The highest BCUT2D eigenvalue weighted by Gasteiger charge is 2.41. The molecule has 0 aliphatic rings. The predicted molar refractivity (Wildman–Crippen MR) is 173 cm³/mol. The van der Waals surface area contributed by atoms with E-state index in [0.29, 0.717) is 18.8 Å². The largest absolute Gasteiger partial charge is 0.314 e. The Kier molecular flexibility index (Phi) is 8.78. The molecule has 0 aliphatic heterocycles. The zero-order chi connectivity index (χ0) is 30.9. The summed E-state index contributed by atoms with van der Waals surface area (Å²) >= 11 is 0. The summed E-state index contributed by atoms with van der Waals surface area (Å²) in [5, 5.41) is 23.9. The van der Waals surface area contributed by atoms with E-state index in [1.807, 2.05) is 103 Å². The van der Waals surface area contributed by atoms with Crippen LogP contribution in [0.5, 0.6) is 0 Å². The summed E-state index contributed by atoms with van der Waals surface area (Å²) in [6.07, 6.45) is 2.22. The number of aliphatic imine (C=N–C) groups is 1. The van der Waals surface area contributed by atoms with Crippen molar-refractivity contribution < 1.29 is 9.92 Å². The molecular weight excluding hydrogens is 564 g/mol. The third-order valence-corrected chi connectivity index (χ3v) is 7.55. The summed E-state index contributed by atoms with van der Waals surface area (Å²) in [4.78, 5) is 20.7. The molecule has 9 nitrogen and oxygen atoms in total. The lowest BCUT2D eigenvalue weighted by Gasteiger charge is -2.34. The maximum atomic E-state index is 10.3. The molecule has 0 aliphatic carbocycles. The Hall–Kier alpha value is -5.96. The van der Waals surface area contributed by atoms with Crippen LogP contribution in [-0.4, -0.2) is 44.7 Å². The van der Waals surface area contributed by atoms with Crippen LogP contribution < -0.4 is 0 Å². The molecule has 222 valence electrons. The molecule has 1 aromatic heterocycles. The van der Waals surface area contributed by atoms with Crippen LogP contribution in [0.1, 0.15) is 28.7 Å². The van der Waals surface area contributed by atoms with Crippen molar-refractivity contribution in [2.75, 3.05) is 13.2 Å². The number of aromatic nitrogens is 4. The standard InChI is InChI=1S/C36H30N6O3/c43-42(44)45-26-12-25-37-27-28-21-23-29(24-22-28)33-19-10-11-20-34(33)35-38-40-41(39-35)36(30-13-4-1-5-14-30,31-15-6-2-7-16-31)32-17-8-3-9-18-32/h1-11,13-24,27H,12,25-26H2. The first-order chi connectivity index (χ1) is 22.2. The number of rotatable bonds is 12. The third-order valence-electron chi connectivity index (χ3n) is 7.55.